The summed E-state index contributed by atoms with van der Waals surface area (Å²) >= 11 is 0. The van der Waals surface area contributed by atoms with Crippen LogP contribution in [0.15, 0.2) is 12.1 Å². The Morgan fingerprint density at radius 3 is 2.33 bits per heavy atom. The Morgan fingerprint density at radius 1 is 1.33 bits per heavy atom. The number of halogens is 3. The first-order valence-electron chi connectivity index (χ1n) is 4.35. The molecule has 1 aromatic rings. The molecule has 0 spiro atoms. The van der Waals surface area contributed by atoms with Crippen molar-refractivity contribution in [3.05, 3.63) is 28.8 Å². The molecule has 0 aliphatic heterocycles. The van der Waals surface area contributed by atoms with Gasteiger partial charge in [-0.3, -0.25) is 0 Å². The van der Waals surface area contributed by atoms with Crippen LogP contribution in [0.1, 0.15) is 16.7 Å². The number of alkyl halides is 3. The molecule has 0 aromatic heterocycles. The first-order valence-corrected chi connectivity index (χ1v) is 4.35. The Hall–Kier alpha value is -1.23. The summed E-state index contributed by atoms with van der Waals surface area (Å²) in [5, 5.41) is 0. The van der Waals surface area contributed by atoms with E-state index in [-0.39, 0.29) is 12.3 Å². The molecule has 0 saturated carbocycles. The van der Waals surface area contributed by atoms with E-state index in [1.165, 1.54) is 13.2 Å². The molecule has 0 atom stereocenters. The van der Waals surface area contributed by atoms with Crippen LogP contribution >= 0.6 is 0 Å². The molecule has 1 aromatic carbocycles. The van der Waals surface area contributed by atoms with Gasteiger partial charge in [0.15, 0.2) is 0 Å². The number of rotatable bonds is 2. The largest absolute Gasteiger partial charge is 0.496 e. The minimum Gasteiger partial charge on any atom is -0.496 e. The highest BCUT2D eigenvalue weighted by Crippen LogP contribution is 2.38. The number of aryl methyl sites for hydroxylation is 1. The summed E-state index contributed by atoms with van der Waals surface area (Å²) in [6, 6.07) is 2.40. The van der Waals surface area contributed by atoms with E-state index in [1.54, 1.807) is 6.92 Å². The standard InChI is InChI=1S/C10H12F3NO/c1-6-3-4-8(10(11,12)13)9(15-2)7(6)5-14/h3-4H,5,14H2,1-2H3. The van der Waals surface area contributed by atoms with Crippen LogP contribution in [0, 0.1) is 6.92 Å². The van der Waals surface area contributed by atoms with E-state index in [9.17, 15) is 13.2 Å². The molecule has 2 nitrogen and oxygen atoms in total. The van der Waals surface area contributed by atoms with E-state index >= 15 is 0 Å². The fourth-order valence-corrected chi connectivity index (χ4v) is 1.44. The summed E-state index contributed by atoms with van der Waals surface area (Å²) in [7, 11) is 1.21. The highest BCUT2D eigenvalue weighted by Gasteiger charge is 2.35. The van der Waals surface area contributed by atoms with Crippen molar-refractivity contribution in [3.63, 3.8) is 0 Å². The van der Waals surface area contributed by atoms with Crippen molar-refractivity contribution in [2.75, 3.05) is 7.11 Å². The van der Waals surface area contributed by atoms with Crippen LogP contribution in [0.4, 0.5) is 13.2 Å². The lowest BCUT2D eigenvalue weighted by Crippen LogP contribution is -2.11. The summed E-state index contributed by atoms with van der Waals surface area (Å²) in [5.41, 5.74) is 5.70. The number of hydrogen-bond acceptors (Lipinski definition) is 2. The predicted molar refractivity (Wildman–Crippen MR) is 50.6 cm³/mol. The maximum Gasteiger partial charge on any atom is 0.419 e. The van der Waals surface area contributed by atoms with Gasteiger partial charge in [-0.1, -0.05) is 6.07 Å². The summed E-state index contributed by atoms with van der Waals surface area (Å²) in [5.74, 6) is -0.176. The summed E-state index contributed by atoms with van der Waals surface area (Å²) < 4.78 is 42.5. The van der Waals surface area contributed by atoms with Crippen LogP contribution in [0.5, 0.6) is 5.75 Å². The second-order valence-corrected chi connectivity index (χ2v) is 3.14. The topological polar surface area (TPSA) is 35.2 Å². The number of methoxy groups -OCH3 is 1. The number of ether oxygens (including phenoxy) is 1. The smallest absolute Gasteiger partial charge is 0.419 e. The van der Waals surface area contributed by atoms with Crippen molar-refractivity contribution < 1.29 is 17.9 Å². The highest BCUT2D eigenvalue weighted by molar-refractivity contribution is 5.47. The van der Waals surface area contributed by atoms with Gasteiger partial charge in [0.25, 0.3) is 0 Å². The third kappa shape index (κ3) is 2.23. The van der Waals surface area contributed by atoms with Crippen LogP contribution in [0.25, 0.3) is 0 Å². The molecule has 0 saturated heterocycles. The van der Waals surface area contributed by atoms with Crippen LogP contribution in [0.2, 0.25) is 0 Å². The first kappa shape index (κ1) is 11.8. The zero-order valence-electron chi connectivity index (χ0n) is 8.48. The Balaban J connectivity index is 3.42. The second kappa shape index (κ2) is 4.10. The normalized spacial score (nSPS) is 11.6. The molecular weight excluding hydrogens is 207 g/mol. The number of nitrogens with two attached hydrogens (primary N) is 1. The van der Waals surface area contributed by atoms with E-state index in [1.807, 2.05) is 0 Å². The van der Waals surface area contributed by atoms with E-state index in [2.05, 4.69) is 0 Å². The minimum absolute atomic E-state index is 0.0267. The Morgan fingerprint density at radius 2 is 1.93 bits per heavy atom. The van der Waals surface area contributed by atoms with Crippen LogP contribution < -0.4 is 10.5 Å². The molecular formula is C10H12F3NO. The Bertz CT molecular complexity index is 360. The van der Waals surface area contributed by atoms with Crippen LogP contribution in [0.3, 0.4) is 0 Å². The Kier molecular flexibility index (Phi) is 3.24. The third-order valence-electron chi connectivity index (χ3n) is 2.21. The predicted octanol–water partition coefficient (Wildman–Crippen LogP) is 2.48. The van der Waals surface area contributed by atoms with E-state index in [0.717, 1.165) is 6.07 Å². The average molecular weight is 219 g/mol. The molecule has 15 heavy (non-hydrogen) atoms. The fraction of sp³-hybridized carbons (Fsp3) is 0.400. The lowest BCUT2D eigenvalue weighted by molar-refractivity contribution is -0.138. The zero-order chi connectivity index (χ0) is 11.6. The maximum absolute atomic E-state index is 12.6. The van der Waals surface area contributed by atoms with E-state index < -0.39 is 11.7 Å². The van der Waals surface area contributed by atoms with Crippen molar-refractivity contribution in [1.82, 2.24) is 0 Å². The van der Waals surface area contributed by atoms with Gasteiger partial charge in [0.1, 0.15) is 5.75 Å². The van der Waals surface area contributed by atoms with Crippen molar-refractivity contribution >= 4 is 0 Å². The van der Waals surface area contributed by atoms with Gasteiger partial charge in [-0.15, -0.1) is 0 Å². The molecule has 0 heterocycles. The second-order valence-electron chi connectivity index (χ2n) is 3.14. The van der Waals surface area contributed by atoms with Gasteiger partial charge < -0.3 is 10.5 Å². The molecule has 1 rings (SSSR count). The maximum atomic E-state index is 12.6. The number of hydrogen-bond donors (Lipinski definition) is 1. The van der Waals surface area contributed by atoms with Gasteiger partial charge in [-0.05, 0) is 18.6 Å². The van der Waals surface area contributed by atoms with Gasteiger partial charge in [0, 0.05) is 12.1 Å². The van der Waals surface area contributed by atoms with Gasteiger partial charge in [-0.2, -0.15) is 13.2 Å². The quantitative estimate of drug-likeness (QED) is 0.829. The number of benzene rings is 1. The summed E-state index contributed by atoms with van der Waals surface area (Å²) in [6.07, 6.45) is -4.41. The average Bonchev–Trinajstić information content (AvgIpc) is 2.15. The molecule has 0 amide bonds. The van der Waals surface area contributed by atoms with E-state index in [0.29, 0.717) is 11.1 Å². The monoisotopic (exact) mass is 219 g/mol. The van der Waals surface area contributed by atoms with Crippen molar-refractivity contribution in [1.29, 1.82) is 0 Å². The summed E-state index contributed by atoms with van der Waals surface area (Å²) in [4.78, 5) is 0. The van der Waals surface area contributed by atoms with Crippen LogP contribution in [-0.4, -0.2) is 7.11 Å². The van der Waals surface area contributed by atoms with Crippen molar-refractivity contribution in [2.45, 2.75) is 19.6 Å². The molecule has 2 N–H and O–H groups in total. The van der Waals surface area contributed by atoms with Gasteiger partial charge in [0.2, 0.25) is 0 Å². The Labute approximate surface area is 85.8 Å². The van der Waals surface area contributed by atoms with Gasteiger partial charge in [0.05, 0.1) is 12.7 Å². The van der Waals surface area contributed by atoms with Gasteiger partial charge in [-0.25, -0.2) is 0 Å². The first-order chi connectivity index (χ1) is 6.91. The fourth-order valence-electron chi connectivity index (χ4n) is 1.44. The SMILES string of the molecule is COc1c(C(F)(F)F)ccc(C)c1CN. The molecule has 0 bridgehead atoms. The van der Waals surface area contributed by atoms with Crippen LogP contribution in [-0.2, 0) is 12.7 Å². The van der Waals surface area contributed by atoms with Crippen molar-refractivity contribution in [2.24, 2.45) is 5.73 Å². The minimum atomic E-state index is -4.41. The zero-order valence-corrected chi connectivity index (χ0v) is 8.48. The summed E-state index contributed by atoms with van der Waals surface area (Å²) in [6.45, 7) is 1.73. The molecule has 0 aliphatic carbocycles. The third-order valence-corrected chi connectivity index (χ3v) is 2.21. The van der Waals surface area contributed by atoms with E-state index in [4.69, 9.17) is 10.5 Å². The lowest BCUT2D eigenvalue weighted by atomic mass is 10.0. The molecule has 0 radical (unpaired) electrons. The molecule has 5 heteroatoms. The molecule has 0 aliphatic rings. The molecule has 0 unspecified atom stereocenters. The highest BCUT2D eigenvalue weighted by atomic mass is 19.4. The molecule has 84 valence electrons. The molecule has 0 fully saturated rings. The van der Waals surface area contributed by atoms with Crippen molar-refractivity contribution in [3.8, 4) is 5.75 Å². The van der Waals surface area contributed by atoms with Gasteiger partial charge >= 0.3 is 6.18 Å². The lowest BCUT2D eigenvalue weighted by Gasteiger charge is -2.16.